The van der Waals surface area contributed by atoms with Crippen LogP contribution in [0.1, 0.15) is 38.5 Å². The molecule has 1 saturated heterocycles. The number of nitrogens with one attached hydrogen (secondary N) is 1. The van der Waals surface area contributed by atoms with Gasteiger partial charge in [0.2, 0.25) is 5.91 Å². The molecule has 1 aliphatic carbocycles. The van der Waals surface area contributed by atoms with Crippen LogP contribution in [0.2, 0.25) is 0 Å². The fourth-order valence-electron chi connectivity index (χ4n) is 4.50. The molecular weight excluding hydrogens is 406 g/mol. The van der Waals surface area contributed by atoms with Gasteiger partial charge in [-0.05, 0) is 66.1 Å². The third-order valence-corrected chi connectivity index (χ3v) is 7.42. The van der Waals surface area contributed by atoms with E-state index in [0.717, 1.165) is 34.4 Å². The van der Waals surface area contributed by atoms with Crippen molar-refractivity contribution in [1.82, 2.24) is 15.2 Å². The molecule has 6 heteroatoms. The lowest BCUT2D eigenvalue weighted by Gasteiger charge is -2.35. The van der Waals surface area contributed by atoms with E-state index in [0.29, 0.717) is 19.5 Å². The Balaban J connectivity index is 1.35. The highest BCUT2D eigenvalue weighted by Gasteiger charge is 2.34. The molecule has 0 saturated carbocycles. The summed E-state index contributed by atoms with van der Waals surface area (Å²) in [6.45, 7) is 1.06. The third kappa shape index (κ3) is 4.12. The zero-order valence-electron chi connectivity index (χ0n) is 17.3. The van der Waals surface area contributed by atoms with Crippen molar-refractivity contribution in [2.75, 3.05) is 13.1 Å². The minimum Gasteiger partial charge on any atom is -0.353 e. The molecule has 0 radical (unpaired) electrons. The number of hydrogen-bond acceptors (Lipinski definition) is 4. The molecule has 1 unspecified atom stereocenters. The van der Waals surface area contributed by atoms with Gasteiger partial charge >= 0.3 is 0 Å². The molecule has 1 fully saturated rings. The van der Waals surface area contributed by atoms with Crippen LogP contribution >= 0.6 is 11.3 Å². The fraction of sp³-hybridized carbons (Fsp3) is 0.320. The van der Waals surface area contributed by atoms with Gasteiger partial charge in [0.1, 0.15) is 6.04 Å². The Kier molecular flexibility index (Phi) is 5.55. The van der Waals surface area contributed by atoms with Crippen molar-refractivity contribution in [2.24, 2.45) is 0 Å². The van der Waals surface area contributed by atoms with E-state index in [-0.39, 0.29) is 11.8 Å². The molecule has 5 rings (SSSR count). The van der Waals surface area contributed by atoms with Crippen LogP contribution in [0.4, 0.5) is 0 Å². The standard InChI is InChI=1S/C25H25N3O2S/c29-24-21(15-17-5-7-18(8-6-17)19-9-11-26-12-10-19)28(14-13-27-24)25(30)23-16-20-3-1-2-4-22(20)31-23/h5-12,16,21H,1-4,13-15H2,(H,27,29). The van der Waals surface area contributed by atoms with Crippen molar-refractivity contribution >= 4 is 23.2 Å². The first kappa shape index (κ1) is 19.9. The zero-order valence-corrected chi connectivity index (χ0v) is 18.2. The molecule has 1 N–H and O–H groups in total. The number of piperazine rings is 1. The number of nitrogens with zero attached hydrogens (tertiary/aromatic N) is 2. The van der Waals surface area contributed by atoms with Crippen LogP contribution < -0.4 is 5.32 Å². The van der Waals surface area contributed by atoms with Crippen molar-refractivity contribution in [3.8, 4) is 11.1 Å². The van der Waals surface area contributed by atoms with Crippen molar-refractivity contribution in [2.45, 2.75) is 38.1 Å². The largest absolute Gasteiger partial charge is 0.353 e. The molecule has 2 aromatic heterocycles. The highest BCUT2D eigenvalue weighted by molar-refractivity contribution is 7.14. The SMILES string of the molecule is O=C1NCCN(C(=O)c2cc3c(s2)CCCC3)C1Cc1ccc(-c2ccncc2)cc1. The van der Waals surface area contributed by atoms with E-state index in [2.05, 4.69) is 28.5 Å². The maximum Gasteiger partial charge on any atom is 0.264 e. The van der Waals surface area contributed by atoms with Gasteiger partial charge < -0.3 is 10.2 Å². The average molecular weight is 432 g/mol. The Labute approximate surface area is 186 Å². The lowest BCUT2D eigenvalue weighted by molar-refractivity contribution is -0.127. The highest BCUT2D eigenvalue weighted by Crippen LogP contribution is 2.31. The second-order valence-electron chi connectivity index (χ2n) is 8.21. The van der Waals surface area contributed by atoms with Gasteiger partial charge in [-0.25, -0.2) is 0 Å². The van der Waals surface area contributed by atoms with Crippen molar-refractivity contribution in [3.63, 3.8) is 0 Å². The van der Waals surface area contributed by atoms with E-state index in [1.54, 1.807) is 28.6 Å². The van der Waals surface area contributed by atoms with E-state index in [1.807, 2.05) is 24.3 Å². The summed E-state index contributed by atoms with van der Waals surface area (Å²) in [6.07, 6.45) is 8.60. The van der Waals surface area contributed by atoms with E-state index in [1.165, 1.54) is 23.3 Å². The average Bonchev–Trinajstić information content (AvgIpc) is 3.25. The lowest BCUT2D eigenvalue weighted by Crippen LogP contribution is -2.57. The Hall–Kier alpha value is -2.99. The lowest BCUT2D eigenvalue weighted by atomic mass is 9.98. The van der Waals surface area contributed by atoms with Gasteiger partial charge in [-0.15, -0.1) is 11.3 Å². The summed E-state index contributed by atoms with van der Waals surface area (Å²) in [5, 5.41) is 2.94. The number of carbonyl (C=O) groups is 2. The van der Waals surface area contributed by atoms with Gasteiger partial charge in [0.05, 0.1) is 4.88 Å². The first-order valence-electron chi connectivity index (χ1n) is 10.9. The molecule has 158 valence electrons. The van der Waals surface area contributed by atoms with Crippen LogP contribution in [0.3, 0.4) is 0 Å². The summed E-state index contributed by atoms with van der Waals surface area (Å²) >= 11 is 1.62. The second-order valence-corrected chi connectivity index (χ2v) is 9.35. The Morgan fingerprint density at radius 1 is 1.06 bits per heavy atom. The minimum atomic E-state index is -0.479. The van der Waals surface area contributed by atoms with Crippen LogP contribution in [0.15, 0.2) is 54.9 Å². The number of fused-ring (bicyclic) bond motifs is 1. The molecule has 0 spiro atoms. The minimum absolute atomic E-state index is 0.00680. The van der Waals surface area contributed by atoms with Gasteiger partial charge in [-0.2, -0.15) is 0 Å². The predicted molar refractivity (Wildman–Crippen MR) is 122 cm³/mol. The van der Waals surface area contributed by atoms with E-state index < -0.39 is 6.04 Å². The van der Waals surface area contributed by atoms with Gasteiger partial charge in [0.25, 0.3) is 5.91 Å². The number of aromatic nitrogens is 1. The monoisotopic (exact) mass is 431 g/mol. The number of carbonyl (C=O) groups excluding carboxylic acids is 2. The van der Waals surface area contributed by atoms with Crippen LogP contribution in [0.5, 0.6) is 0 Å². The molecule has 1 aliphatic heterocycles. The zero-order chi connectivity index (χ0) is 21.2. The first-order valence-corrected chi connectivity index (χ1v) is 11.7. The third-order valence-electron chi connectivity index (χ3n) is 6.20. The van der Waals surface area contributed by atoms with Crippen LogP contribution in [-0.2, 0) is 24.1 Å². The molecule has 0 bridgehead atoms. The van der Waals surface area contributed by atoms with Gasteiger partial charge in [0, 0.05) is 36.8 Å². The summed E-state index contributed by atoms with van der Waals surface area (Å²) < 4.78 is 0. The highest BCUT2D eigenvalue weighted by atomic mass is 32.1. The summed E-state index contributed by atoms with van der Waals surface area (Å²) in [5.74, 6) is -0.0771. The Bertz CT molecular complexity index is 1070. The fourth-order valence-corrected chi connectivity index (χ4v) is 5.71. The Morgan fingerprint density at radius 3 is 2.58 bits per heavy atom. The molecule has 3 heterocycles. The molecule has 5 nitrogen and oxygen atoms in total. The molecule has 1 aromatic carbocycles. The topological polar surface area (TPSA) is 62.3 Å². The molecule has 2 amide bonds. The van der Waals surface area contributed by atoms with Crippen LogP contribution in [0.25, 0.3) is 11.1 Å². The molecule has 31 heavy (non-hydrogen) atoms. The number of hydrogen-bond donors (Lipinski definition) is 1. The van der Waals surface area contributed by atoms with Crippen molar-refractivity contribution < 1.29 is 9.59 Å². The van der Waals surface area contributed by atoms with Crippen LogP contribution in [-0.4, -0.2) is 40.8 Å². The summed E-state index contributed by atoms with van der Waals surface area (Å²) in [7, 11) is 0. The van der Waals surface area contributed by atoms with Crippen LogP contribution in [0, 0.1) is 0 Å². The summed E-state index contributed by atoms with van der Waals surface area (Å²) in [4.78, 5) is 34.0. The smallest absolute Gasteiger partial charge is 0.264 e. The van der Waals surface area contributed by atoms with Gasteiger partial charge in [-0.1, -0.05) is 24.3 Å². The quantitative estimate of drug-likeness (QED) is 0.682. The van der Waals surface area contributed by atoms with E-state index in [4.69, 9.17) is 0 Å². The number of benzene rings is 1. The van der Waals surface area contributed by atoms with Gasteiger partial charge in [-0.3, -0.25) is 14.6 Å². The predicted octanol–water partition coefficient (Wildman–Crippen LogP) is 3.87. The summed E-state index contributed by atoms with van der Waals surface area (Å²) in [6, 6.07) is 13.8. The normalized spacial score (nSPS) is 18.4. The van der Waals surface area contributed by atoms with Crippen molar-refractivity contribution in [1.29, 1.82) is 0 Å². The molecule has 3 aromatic rings. The number of amides is 2. The van der Waals surface area contributed by atoms with Crippen molar-refractivity contribution in [3.05, 3.63) is 75.7 Å². The van der Waals surface area contributed by atoms with Gasteiger partial charge in [0.15, 0.2) is 0 Å². The number of thiophene rings is 1. The summed E-state index contributed by atoms with van der Waals surface area (Å²) in [5.41, 5.74) is 4.58. The number of pyridine rings is 1. The van der Waals surface area contributed by atoms with E-state index in [9.17, 15) is 9.59 Å². The molecule has 2 aliphatic rings. The maximum absolute atomic E-state index is 13.4. The second kappa shape index (κ2) is 8.63. The van der Waals surface area contributed by atoms with E-state index >= 15 is 0 Å². The first-order chi connectivity index (χ1) is 15.2. The number of aryl methyl sites for hydroxylation is 2. The maximum atomic E-state index is 13.4. The molecular formula is C25H25N3O2S. The Morgan fingerprint density at radius 2 is 1.81 bits per heavy atom. The number of rotatable bonds is 4. The molecule has 1 atom stereocenters.